The van der Waals surface area contributed by atoms with Gasteiger partial charge in [-0.2, -0.15) is 0 Å². The number of rotatable bonds is 3. The second kappa shape index (κ2) is 4.82. The molecule has 0 radical (unpaired) electrons. The van der Waals surface area contributed by atoms with Crippen LogP contribution < -0.4 is 10.2 Å². The molecule has 1 heterocycles. The van der Waals surface area contributed by atoms with Gasteiger partial charge in [0.1, 0.15) is 12.4 Å². The summed E-state index contributed by atoms with van der Waals surface area (Å²) < 4.78 is 18.7. The lowest BCUT2D eigenvalue weighted by Gasteiger charge is -2.08. The van der Waals surface area contributed by atoms with E-state index >= 15 is 0 Å². The Hall–Kier alpha value is -2.10. The number of hydrogen-bond donors (Lipinski definition) is 1. The maximum Gasteiger partial charge on any atom is 0.223 e. The minimum atomic E-state index is -0.336. The van der Waals surface area contributed by atoms with Crippen molar-refractivity contribution < 1.29 is 9.13 Å². The van der Waals surface area contributed by atoms with Gasteiger partial charge in [0.15, 0.2) is 5.75 Å². The molecule has 3 nitrogen and oxygen atoms in total. The summed E-state index contributed by atoms with van der Waals surface area (Å²) in [5.74, 6) is -0.103. The number of hydrogen-bond acceptors (Lipinski definition) is 2. The van der Waals surface area contributed by atoms with Crippen molar-refractivity contribution >= 4 is 0 Å². The molecule has 0 aliphatic heterocycles. The van der Waals surface area contributed by atoms with Crippen LogP contribution in [-0.2, 0) is 6.61 Å². The first-order chi connectivity index (χ1) is 8.18. The molecule has 2 rings (SSSR count). The maximum atomic E-state index is 13.3. The van der Waals surface area contributed by atoms with Crippen LogP contribution in [-0.4, -0.2) is 4.98 Å². The Morgan fingerprint density at radius 2 is 2.06 bits per heavy atom. The van der Waals surface area contributed by atoms with E-state index in [1.165, 1.54) is 12.1 Å². The molecule has 0 bridgehead atoms. The normalized spacial score (nSPS) is 10.2. The summed E-state index contributed by atoms with van der Waals surface area (Å²) in [4.78, 5) is 14.4. The summed E-state index contributed by atoms with van der Waals surface area (Å²) in [7, 11) is 0. The molecule has 0 aliphatic carbocycles. The molecule has 0 amide bonds. The number of pyridine rings is 1. The third kappa shape index (κ3) is 2.53. The third-order valence-corrected chi connectivity index (χ3v) is 2.43. The lowest BCUT2D eigenvalue weighted by atomic mass is 10.2. The van der Waals surface area contributed by atoms with Crippen molar-refractivity contribution in [2.24, 2.45) is 0 Å². The van der Waals surface area contributed by atoms with Crippen molar-refractivity contribution in [2.75, 3.05) is 0 Å². The minimum absolute atomic E-state index is 0.0423. The average molecular weight is 233 g/mol. The zero-order valence-electron chi connectivity index (χ0n) is 9.37. The molecular formula is C13H12FNO2. The maximum absolute atomic E-state index is 13.3. The lowest BCUT2D eigenvalue weighted by Crippen LogP contribution is -2.10. The number of H-pyrrole nitrogens is 1. The smallest absolute Gasteiger partial charge is 0.223 e. The Bertz CT molecular complexity index is 578. The van der Waals surface area contributed by atoms with Gasteiger partial charge in [0.05, 0.1) is 5.69 Å². The summed E-state index contributed by atoms with van der Waals surface area (Å²) in [6, 6.07) is 7.70. The minimum Gasteiger partial charge on any atom is -0.483 e. The Kier molecular flexibility index (Phi) is 3.23. The summed E-state index contributed by atoms with van der Waals surface area (Å²) in [6.45, 7) is 1.78. The number of nitrogens with one attached hydrogen (secondary N) is 1. The van der Waals surface area contributed by atoms with Crippen molar-refractivity contribution in [3.63, 3.8) is 0 Å². The quantitative estimate of drug-likeness (QED) is 0.884. The number of ether oxygens (including phenoxy) is 1. The molecular weight excluding hydrogens is 221 g/mol. The van der Waals surface area contributed by atoms with Gasteiger partial charge in [0.2, 0.25) is 5.43 Å². The predicted octanol–water partition coefficient (Wildman–Crippen LogP) is 2.40. The van der Waals surface area contributed by atoms with Crippen LogP contribution in [0.4, 0.5) is 4.39 Å². The van der Waals surface area contributed by atoms with Crippen LogP contribution in [0.5, 0.6) is 5.75 Å². The van der Waals surface area contributed by atoms with Crippen LogP contribution in [0.15, 0.2) is 41.3 Å². The van der Waals surface area contributed by atoms with Crippen molar-refractivity contribution in [1.29, 1.82) is 0 Å². The van der Waals surface area contributed by atoms with Crippen molar-refractivity contribution in [1.82, 2.24) is 4.98 Å². The van der Waals surface area contributed by atoms with Crippen LogP contribution >= 0.6 is 0 Å². The summed E-state index contributed by atoms with van der Waals surface area (Å²) in [5, 5.41) is 0. The molecule has 4 heteroatoms. The van der Waals surface area contributed by atoms with Crippen molar-refractivity contribution in [2.45, 2.75) is 13.5 Å². The van der Waals surface area contributed by atoms with Gasteiger partial charge in [-0.05, 0) is 13.0 Å². The summed E-state index contributed by atoms with van der Waals surface area (Å²) in [6.07, 6.45) is 1.55. The van der Waals surface area contributed by atoms with E-state index in [4.69, 9.17) is 4.74 Å². The Morgan fingerprint density at radius 1 is 1.29 bits per heavy atom. The molecule has 0 saturated carbocycles. The monoisotopic (exact) mass is 233 g/mol. The van der Waals surface area contributed by atoms with E-state index in [0.717, 1.165) is 0 Å². The van der Waals surface area contributed by atoms with Crippen LogP contribution in [0.3, 0.4) is 0 Å². The highest BCUT2D eigenvalue weighted by Gasteiger charge is 2.06. The Balaban J connectivity index is 2.19. The van der Waals surface area contributed by atoms with E-state index in [2.05, 4.69) is 4.98 Å². The fourth-order valence-electron chi connectivity index (χ4n) is 1.51. The van der Waals surface area contributed by atoms with E-state index in [0.29, 0.717) is 11.3 Å². The van der Waals surface area contributed by atoms with Gasteiger partial charge in [-0.25, -0.2) is 4.39 Å². The molecule has 0 atom stereocenters. The molecule has 88 valence electrons. The van der Waals surface area contributed by atoms with Crippen LogP contribution in [0.2, 0.25) is 0 Å². The number of benzene rings is 1. The Labute approximate surface area is 97.9 Å². The Morgan fingerprint density at radius 3 is 2.76 bits per heavy atom. The van der Waals surface area contributed by atoms with E-state index in [1.54, 1.807) is 31.3 Å². The van der Waals surface area contributed by atoms with Crippen LogP contribution in [0.25, 0.3) is 0 Å². The first-order valence-electron chi connectivity index (χ1n) is 5.23. The fraction of sp³-hybridized carbons (Fsp3) is 0.154. The molecule has 1 N–H and O–H groups in total. The van der Waals surface area contributed by atoms with Crippen LogP contribution in [0, 0.1) is 12.7 Å². The molecule has 0 unspecified atom stereocenters. The molecule has 1 aromatic heterocycles. The number of aromatic amines is 1. The molecule has 2 aromatic rings. The summed E-state index contributed by atoms with van der Waals surface area (Å²) >= 11 is 0. The molecule has 1 aromatic carbocycles. The van der Waals surface area contributed by atoms with Gasteiger partial charge in [0.25, 0.3) is 0 Å². The van der Waals surface area contributed by atoms with Crippen LogP contribution in [0.1, 0.15) is 11.3 Å². The predicted molar refractivity (Wildman–Crippen MR) is 62.5 cm³/mol. The number of aryl methyl sites for hydroxylation is 1. The highest BCUT2D eigenvalue weighted by Crippen LogP contribution is 2.12. The molecule has 0 fully saturated rings. The molecule has 0 spiro atoms. The first-order valence-corrected chi connectivity index (χ1v) is 5.23. The first kappa shape index (κ1) is 11.4. The average Bonchev–Trinajstić information content (AvgIpc) is 2.30. The highest BCUT2D eigenvalue weighted by atomic mass is 19.1. The van der Waals surface area contributed by atoms with E-state index < -0.39 is 0 Å². The van der Waals surface area contributed by atoms with Crippen molar-refractivity contribution in [3.05, 3.63) is 63.8 Å². The standard InChI is InChI=1S/C13H12FNO2/c1-9-13(12(16)6-7-15-9)17-8-10-4-2-3-5-11(10)14/h2-7H,8H2,1H3,(H,15,16). The van der Waals surface area contributed by atoms with E-state index in [-0.39, 0.29) is 23.6 Å². The second-order valence-electron chi connectivity index (χ2n) is 3.68. The van der Waals surface area contributed by atoms with Gasteiger partial charge in [0, 0.05) is 17.8 Å². The SMILES string of the molecule is Cc1[nH]ccc(=O)c1OCc1ccccc1F. The molecule has 0 aliphatic rings. The van der Waals surface area contributed by atoms with Gasteiger partial charge in [-0.15, -0.1) is 0 Å². The van der Waals surface area contributed by atoms with E-state index in [9.17, 15) is 9.18 Å². The fourth-order valence-corrected chi connectivity index (χ4v) is 1.51. The number of halogens is 1. The number of aromatic nitrogens is 1. The topological polar surface area (TPSA) is 42.1 Å². The lowest BCUT2D eigenvalue weighted by molar-refractivity contribution is 0.293. The zero-order chi connectivity index (χ0) is 12.3. The molecule has 17 heavy (non-hydrogen) atoms. The second-order valence-corrected chi connectivity index (χ2v) is 3.68. The summed E-state index contributed by atoms with van der Waals surface area (Å²) in [5.41, 5.74) is 0.849. The highest BCUT2D eigenvalue weighted by molar-refractivity contribution is 5.26. The van der Waals surface area contributed by atoms with E-state index in [1.807, 2.05) is 0 Å². The zero-order valence-corrected chi connectivity index (χ0v) is 9.37. The largest absolute Gasteiger partial charge is 0.483 e. The van der Waals surface area contributed by atoms with Gasteiger partial charge >= 0.3 is 0 Å². The third-order valence-electron chi connectivity index (χ3n) is 2.43. The molecule has 0 saturated heterocycles. The van der Waals surface area contributed by atoms with Gasteiger partial charge in [-0.1, -0.05) is 18.2 Å². The van der Waals surface area contributed by atoms with Gasteiger partial charge < -0.3 is 9.72 Å². The van der Waals surface area contributed by atoms with Gasteiger partial charge in [-0.3, -0.25) is 4.79 Å². The van der Waals surface area contributed by atoms with Crippen molar-refractivity contribution in [3.8, 4) is 5.75 Å².